The second-order valence-corrected chi connectivity index (χ2v) is 5.49. The Morgan fingerprint density at radius 2 is 0.800 bits per heavy atom. The fourth-order valence-electron chi connectivity index (χ4n) is 0.854. The van der Waals surface area contributed by atoms with E-state index in [4.69, 9.17) is 38.5 Å². The van der Waals surface area contributed by atoms with Gasteiger partial charge in [0.25, 0.3) is 0 Å². The van der Waals surface area contributed by atoms with Gasteiger partial charge < -0.3 is 34.8 Å². The van der Waals surface area contributed by atoms with Gasteiger partial charge in [-0.2, -0.15) is 0 Å². The van der Waals surface area contributed by atoms with Crippen molar-refractivity contribution < 1.29 is 44.0 Å². The molecule has 0 aliphatic rings. The molecule has 0 bridgehead atoms. The molecule has 0 aromatic carbocycles. The third-order valence-electron chi connectivity index (χ3n) is 1.46. The van der Waals surface area contributed by atoms with Crippen molar-refractivity contribution in [2.45, 2.75) is 59.8 Å². The molecule has 0 unspecified atom stereocenters. The lowest BCUT2D eigenvalue weighted by Crippen LogP contribution is -1.73. The zero-order valence-electron chi connectivity index (χ0n) is 11.1. The Kier molecular flexibility index (Phi) is 30.9. The molecule has 0 heterocycles. The fourth-order valence-corrected chi connectivity index (χ4v) is 0.854. The van der Waals surface area contributed by atoms with Crippen LogP contribution in [-0.4, -0.2) is 34.8 Å². The lowest BCUT2D eigenvalue weighted by Gasteiger charge is -1.93. The SMILES string of the molecule is C.CCCCCCCC.O.O=P(O)(O)O.O=P(O)(O)O. The van der Waals surface area contributed by atoms with E-state index in [0.717, 1.165) is 0 Å². The van der Waals surface area contributed by atoms with E-state index in [0.29, 0.717) is 0 Å². The topological polar surface area (TPSA) is 187 Å². The summed E-state index contributed by atoms with van der Waals surface area (Å²) in [5.74, 6) is 0. The standard InChI is InChI=1S/C8H18.CH4.2H3O4P.H2O/c1-3-5-7-8-6-4-2;;2*1-5(2,3)4;/h3-8H2,1-2H3;1H4;2*(H3,1,2,3,4);1H2. The Balaban J connectivity index is -0.0000000558. The van der Waals surface area contributed by atoms with Gasteiger partial charge in [0, 0.05) is 0 Å². The number of hydrogen-bond acceptors (Lipinski definition) is 2. The molecule has 0 radical (unpaired) electrons. The van der Waals surface area contributed by atoms with Gasteiger partial charge in [0.05, 0.1) is 0 Å². The van der Waals surface area contributed by atoms with E-state index in [9.17, 15) is 0 Å². The van der Waals surface area contributed by atoms with Crippen LogP contribution < -0.4 is 0 Å². The van der Waals surface area contributed by atoms with Gasteiger partial charge in [0.2, 0.25) is 0 Å². The van der Waals surface area contributed by atoms with E-state index in [1.807, 2.05) is 0 Å². The van der Waals surface area contributed by atoms with Gasteiger partial charge >= 0.3 is 15.6 Å². The van der Waals surface area contributed by atoms with Crippen LogP contribution in [0.5, 0.6) is 0 Å². The first-order chi connectivity index (χ1) is 7.91. The second-order valence-electron chi connectivity index (χ2n) is 3.44. The summed E-state index contributed by atoms with van der Waals surface area (Å²) in [5.41, 5.74) is 0. The van der Waals surface area contributed by atoms with Crippen molar-refractivity contribution >= 4 is 15.6 Å². The van der Waals surface area contributed by atoms with Gasteiger partial charge in [-0.25, -0.2) is 9.13 Å². The maximum atomic E-state index is 8.88. The number of rotatable bonds is 5. The van der Waals surface area contributed by atoms with Crippen LogP contribution in [-0.2, 0) is 9.13 Å². The molecular weight excluding hydrogens is 314 g/mol. The molecule has 0 aromatic heterocycles. The van der Waals surface area contributed by atoms with Crippen molar-refractivity contribution in [1.82, 2.24) is 0 Å². The van der Waals surface area contributed by atoms with Gasteiger partial charge in [0.1, 0.15) is 0 Å². The molecule has 0 fully saturated rings. The molecule has 0 amide bonds. The smallest absolute Gasteiger partial charge is 0.412 e. The number of unbranched alkanes of at least 4 members (excludes halogenated alkanes) is 5. The predicted octanol–water partition coefficient (Wildman–Crippen LogP) is 1.32. The van der Waals surface area contributed by atoms with Gasteiger partial charge in [-0.05, 0) is 0 Å². The van der Waals surface area contributed by atoms with E-state index in [1.165, 1.54) is 38.5 Å². The zero-order valence-corrected chi connectivity index (χ0v) is 12.9. The van der Waals surface area contributed by atoms with Crippen LogP contribution in [0.3, 0.4) is 0 Å². The van der Waals surface area contributed by atoms with Crippen molar-refractivity contribution in [3.63, 3.8) is 0 Å². The molecule has 0 aliphatic carbocycles. The van der Waals surface area contributed by atoms with Crippen LogP contribution in [0, 0.1) is 0 Å². The molecule has 0 saturated heterocycles. The Morgan fingerprint density at radius 3 is 0.900 bits per heavy atom. The second kappa shape index (κ2) is 19.2. The lowest BCUT2D eigenvalue weighted by atomic mass is 10.1. The molecule has 9 nitrogen and oxygen atoms in total. The molecule has 0 aliphatic heterocycles. The minimum Gasteiger partial charge on any atom is -0.412 e. The quantitative estimate of drug-likeness (QED) is 0.318. The predicted molar refractivity (Wildman–Crippen MR) is 77.9 cm³/mol. The molecule has 0 aromatic rings. The minimum atomic E-state index is -4.64. The average molecular weight is 344 g/mol. The van der Waals surface area contributed by atoms with Crippen LogP contribution in [0.1, 0.15) is 59.8 Å². The van der Waals surface area contributed by atoms with E-state index in [2.05, 4.69) is 13.8 Å². The Morgan fingerprint density at radius 1 is 0.650 bits per heavy atom. The molecular formula is C9H30O9P2. The van der Waals surface area contributed by atoms with E-state index >= 15 is 0 Å². The summed E-state index contributed by atoms with van der Waals surface area (Å²) in [6.07, 6.45) is 8.49. The van der Waals surface area contributed by atoms with Crippen molar-refractivity contribution in [2.75, 3.05) is 0 Å². The lowest BCUT2D eigenvalue weighted by molar-refractivity contribution is 0.272. The largest absolute Gasteiger partial charge is 0.466 e. The summed E-state index contributed by atoms with van der Waals surface area (Å²) >= 11 is 0. The van der Waals surface area contributed by atoms with Crippen LogP contribution >= 0.6 is 15.6 Å². The molecule has 130 valence electrons. The summed E-state index contributed by atoms with van der Waals surface area (Å²) < 4.78 is 17.8. The third kappa shape index (κ3) is 200. The Bertz CT molecular complexity index is 205. The highest BCUT2D eigenvalue weighted by Gasteiger charge is 2.00. The van der Waals surface area contributed by atoms with Gasteiger partial charge in [-0.1, -0.05) is 59.8 Å². The first-order valence-corrected chi connectivity index (χ1v) is 8.61. The highest BCUT2D eigenvalue weighted by atomic mass is 31.2. The summed E-state index contributed by atoms with van der Waals surface area (Å²) in [6, 6.07) is 0. The summed E-state index contributed by atoms with van der Waals surface area (Å²) in [4.78, 5) is 43.1. The first kappa shape index (κ1) is 32.2. The van der Waals surface area contributed by atoms with Crippen LogP contribution in [0.4, 0.5) is 0 Å². The normalized spacial score (nSPS) is 9.80. The molecule has 0 saturated carbocycles. The minimum absolute atomic E-state index is 0. The third-order valence-corrected chi connectivity index (χ3v) is 1.46. The van der Waals surface area contributed by atoms with Crippen LogP contribution in [0.15, 0.2) is 0 Å². The van der Waals surface area contributed by atoms with Crippen LogP contribution in [0.25, 0.3) is 0 Å². The average Bonchev–Trinajstić information content (AvgIpc) is 2.07. The maximum Gasteiger partial charge on any atom is 0.466 e. The van der Waals surface area contributed by atoms with Crippen molar-refractivity contribution in [2.24, 2.45) is 0 Å². The number of hydrogen-bond donors (Lipinski definition) is 6. The maximum absolute atomic E-state index is 8.88. The molecule has 20 heavy (non-hydrogen) atoms. The van der Waals surface area contributed by atoms with Gasteiger partial charge in [-0.3, -0.25) is 0 Å². The Labute approximate surface area is 120 Å². The number of phosphoric acid groups is 2. The molecule has 8 N–H and O–H groups in total. The summed E-state index contributed by atoms with van der Waals surface area (Å²) in [7, 11) is -9.28. The van der Waals surface area contributed by atoms with Crippen molar-refractivity contribution in [3.05, 3.63) is 0 Å². The highest BCUT2D eigenvalue weighted by Crippen LogP contribution is 2.26. The van der Waals surface area contributed by atoms with Crippen molar-refractivity contribution in [3.8, 4) is 0 Å². The van der Waals surface area contributed by atoms with E-state index in [1.54, 1.807) is 0 Å². The summed E-state index contributed by atoms with van der Waals surface area (Å²) in [5, 5.41) is 0. The molecule has 0 rings (SSSR count). The van der Waals surface area contributed by atoms with Crippen molar-refractivity contribution in [1.29, 1.82) is 0 Å². The monoisotopic (exact) mass is 344 g/mol. The fraction of sp³-hybridized carbons (Fsp3) is 1.00. The molecule has 0 atom stereocenters. The highest BCUT2D eigenvalue weighted by molar-refractivity contribution is 7.45. The van der Waals surface area contributed by atoms with E-state index < -0.39 is 15.6 Å². The van der Waals surface area contributed by atoms with Gasteiger partial charge in [0.15, 0.2) is 0 Å². The first-order valence-electron chi connectivity index (χ1n) is 5.48. The molecule has 0 spiro atoms. The summed E-state index contributed by atoms with van der Waals surface area (Å²) in [6.45, 7) is 4.51. The van der Waals surface area contributed by atoms with Crippen LogP contribution in [0.2, 0.25) is 0 Å². The zero-order chi connectivity index (χ0) is 15.2. The Hall–Kier alpha value is 0.180. The van der Waals surface area contributed by atoms with E-state index in [-0.39, 0.29) is 12.9 Å². The van der Waals surface area contributed by atoms with Gasteiger partial charge in [-0.15, -0.1) is 0 Å². The molecule has 11 heteroatoms.